The highest BCUT2D eigenvalue weighted by molar-refractivity contribution is 6.08. The van der Waals surface area contributed by atoms with E-state index in [-0.39, 0.29) is 30.5 Å². The highest BCUT2D eigenvalue weighted by atomic mass is 16.6. The first-order valence-corrected chi connectivity index (χ1v) is 8.47. The molecular weight excluding hydrogens is 356 g/mol. The summed E-state index contributed by atoms with van der Waals surface area (Å²) in [6, 6.07) is 1.74. The van der Waals surface area contributed by atoms with Crippen LogP contribution in [0, 0.1) is 5.92 Å². The Balaban J connectivity index is 2.35. The van der Waals surface area contributed by atoms with E-state index in [1.54, 1.807) is 6.92 Å². The molecular formula is C18H24N2O7. The number of carbonyl (C=O) groups is 2. The van der Waals surface area contributed by atoms with Crippen LogP contribution in [0.4, 0.5) is 4.79 Å². The number of aromatic hydroxyl groups is 1. The molecule has 148 valence electrons. The van der Waals surface area contributed by atoms with Gasteiger partial charge in [-0.05, 0) is 31.5 Å². The SMILES string of the molecule is CCOCCOC(=O)C1C(C)=NC(=O)NC1c1cc(OC)c(O)c(OC)c1. The number of phenols is 1. The molecule has 0 bridgehead atoms. The van der Waals surface area contributed by atoms with Gasteiger partial charge in [-0.2, -0.15) is 0 Å². The van der Waals surface area contributed by atoms with Gasteiger partial charge in [0.15, 0.2) is 11.5 Å². The van der Waals surface area contributed by atoms with E-state index < -0.39 is 24.0 Å². The number of rotatable bonds is 8. The molecule has 2 atom stereocenters. The predicted octanol–water partition coefficient (Wildman–Crippen LogP) is 1.83. The summed E-state index contributed by atoms with van der Waals surface area (Å²) in [5, 5.41) is 12.8. The summed E-state index contributed by atoms with van der Waals surface area (Å²) in [6.45, 7) is 4.33. The Bertz CT molecular complexity index is 707. The van der Waals surface area contributed by atoms with Gasteiger partial charge in [0.2, 0.25) is 5.75 Å². The standard InChI is InChI=1S/C18H24N2O7/c1-5-26-6-7-27-17(22)14-10(2)19-18(23)20-15(14)11-8-12(24-3)16(21)13(9-11)25-4/h8-9,14-15,21H,5-7H2,1-4H3,(H,20,23). The average molecular weight is 380 g/mol. The lowest BCUT2D eigenvalue weighted by atomic mass is 9.88. The van der Waals surface area contributed by atoms with Gasteiger partial charge in [0.05, 0.1) is 26.9 Å². The normalized spacial score (nSPS) is 19.1. The molecule has 1 aromatic rings. The summed E-state index contributed by atoms with van der Waals surface area (Å²) in [5.41, 5.74) is 0.840. The van der Waals surface area contributed by atoms with Crippen molar-refractivity contribution in [2.75, 3.05) is 34.0 Å². The van der Waals surface area contributed by atoms with Crippen LogP contribution in [0.3, 0.4) is 0 Å². The molecule has 0 spiro atoms. The molecule has 2 amide bonds. The number of benzene rings is 1. The Morgan fingerprint density at radius 3 is 2.41 bits per heavy atom. The van der Waals surface area contributed by atoms with Gasteiger partial charge < -0.3 is 29.4 Å². The molecule has 0 saturated heterocycles. The second kappa shape index (κ2) is 9.22. The third-order valence-electron chi connectivity index (χ3n) is 4.13. The fourth-order valence-corrected chi connectivity index (χ4v) is 2.83. The van der Waals surface area contributed by atoms with Gasteiger partial charge in [-0.15, -0.1) is 0 Å². The molecule has 0 aliphatic carbocycles. The van der Waals surface area contributed by atoms with Crippen LogP contribution in [0.25, 0.3) is 0 Å². The van der Waals surface area contributed by atoms with Crippen molar-refractivity contribution in [1.29, 1.82) is 0 Å². The van der Waals surface area contributed by atoms with E-state index in [1.807, 2.05) is 6.92 Å². The van der Waals surface area contributed by atoms with Crippen LogP contribution in [0.1, 0.15) is 25.5 Å². The van der Waals surface area contributed by atoms with Gasteiger partial charge in [0.25, 0.3) is 0 Å². The molecule has 2 rings (SSSR count). The van der Waals surface area contributed by atoms with Crippen molar-refractivity contribution in [3.05, 3.63) is 17.7 Å². The number of nitrogens with one attached hydrogen (secondary N) is 1. The van der Waals surface area contributed by atoms with Crippen molar-refractivity contribution >= 4 is 17.7 Å². The zero-order chi connectivity index (χ0) is 20.0. The van der Waals surface area contributed by atoms with E-state index in [9.17, 15) is 14.7 Å². The fraction of sp³-hybridized carbons (Fsp3) is 0.500. The Labute approximate surface area is 157 Å². The molecule has 0 aromatic heterocycles. The molecule has 1 aliphatic rings. The third kappa shape index (κ3) is 4.68. The zero-order valence-electron chi connectivity index (χ0n) is 15.8. The zero-order valence-corrected chi connectivity index (χ0v) is 15.8. The number of hydrogen-bond acceptors (Lipinski definition) is 7. The molecule has 2 unspecified atom stereocenters. The number of methoxy groups -OCH3 is 2. The quantitative estimate of drug-likeness (QED) is 0.522. The second-order valence-corrected chi connectivity index (χ2v) is 5.80. The van der Waals surface area contributed by atoms with Gasteiger partial charge in [0, 0.05) is 12.3 Å². The van der Waals surface area contributed by atoms with Crippen LogP contribution >= 0.6 is 0 Å². The summed E-state index contributed by atoms with van der Waals surface area (Å²) in [4.78, 5) is 28.4. The minimum absolute atomic E-state index is 0.0966. The lowest BCUT2D eigenvalue weighted by Gasteiger charge is -2.30. The van der Waals surface area contributed by atoms with Crippen LogP contribution in [0.2, 0.25) is 0 Å². The summed E-state index contributed by atoms with van der Waals surface area (Å²) in [6.07, 6.45) is 0. The Hall–Kier alpha value is -2.81. The van der Waals surface area contributed by atoms with Gasteiger partial charge in [0.1, 0.15) is 12.5 Å². The van der Waals surface area contributed by atoms with Crippen LogP contribution in [-0.2, 0) is 14.3 Å². The van der Waals surface area contributed by atoms with Crippen molar-refractivity contribution in [3.63, 3.8) is 0 Å². The maximum absolute atomic E-state index is 12.6. The molecule has 0 fully saturated rings. The molecule has 9 heteroatoms. The Morgan fingerprint density at radius 2 is 1.85 bits per heavy atom. The average Bonchev–Trinajstić information content (AvgIpc) is 2.64. The van der Waals surface area contributed by atoms with Crippen LogP contribution in [0.15, 0.2) is 17.1 Å². The van der Waals surface area contributed by atoms with E-state index in [0.29, 0.717) is 17.9 Å². The molecule has 0 saturated carbocycles. The van der Waals surface area contributed by atoms with Crippen molar-refractivity contribution in [2.24, 2.45) is 10.9 Å². The number of nitrogens with zero attached hydrogens (tertiary/aromatic N) is 1. The summed E-state index contributed by atoms with van der Waals surface area (Å²) >= 11 is 0. The highest BCUT2D eigenvalue weighted by Crippen LogP contribution is 2.40. The van der Waals surface area contributed by atoms with E-state index in [1.165, 1.54) is 26.4 Å². The number of carbonyl (C=O) groups excluding carboxylic acids is 2. The smallest absolute Gasteiger partial charge is 0.341 e. The van der Waals surface area contributed by atoms with Gasteiger partial charge >= 0.3 is 12.0 Å². The predicted molar refractivity (Wildman–Crippen MR) is 96.5 cm³/mol. The number of urea groups is 1. The van der Waals surface area contributed by atoms with Gasteiger partial charge in [-0.1, -0.05) is 0 Å². The van der Waals surface area contributed by atoms with E-state index in [0.717, 1.165) is 0 Å². The molecule has 2 N–H and O–H groups in total. The second-order valence-electron chi connectivity index (χ2n) is 5.80. The molecule has 27 heavy (non-hydrogen) atoms. The first kappa shape index (κ1) is 20.5. The molecule has 1 aliphatic heterocycles. The van der Waals surface area contributed by atoms with Gasteiger partial charge in [-0.25, -0.2) is 9.79 Å². The summed E-state index contributed by atoms with van der Waals surface area (Å²) < 4.78 is 20.7. The van der Waals surface area contributed by atoms with Crippen molar-refractivity contribution in [3.8, 4) is 17.2 Å². The lowest BCUT2D eigenvalue weighted by molar-refractivity contribution is -0.148. The number of amides is 2. The monoisotopic (exact) mass is 380 g/mol. The van der Waals surface area contributed by atoms with E-state index in [2.05, 4.69) is 10.3 Å². The largest absolute Gasteiger partial charge is 0.502 e. The number of esters is 1. The Kier molecular flexibility index (Phi) is 7.00. The first-order chi connectivity index (χ1) is 12.9. The minimum atomic E-state index is -0.830. The maximum atomic E-state index is 12.6. The fourth-order valence-electron chi connectivity index (χ4n) is 2.83. The minimum Gasteiger partial charge on any atom is -0.502 e. The van der Waals surface area contributed by atoms with E-state index >= 15 is 0 Å². The van der Waals surface area contributed by atoms with Crippen molar-refractivity contribution < 1.29 is 33.6 Å². The maximum Gasteiger partial charge on any atom is 0.341 e. The third-order valence-corrected chi connectivity index (χ3v) is 4.13. The molecule has 1 aromatic carbocycles. The number of aliphatic imine (C=N–C) groups is 1. The van der Waals surface area contributed by atoms with Crippen LogP contribution in [0.5, 0.6) is 17.2 Å². The van der Waals surface area contributed by atoms with Crippen LogP contribution in [-0.4, -0.2) is 56.9 Å². The molecule has 1 heterocycles. The summed E-state index contributed by atoms with van der Waals surface area (Å²) in [7, 11) is 2.79. The summed E-state index contributed by atoms with van der Waals surface area (Å²) in [5.74, 6) is -1.23. The lowest BCUT2D eigenvalue weighted by Crippen LogP contribution is -2.44. The van der Waals surface area contributed by atoms with Crippen molar-refractivity contribution in [1.82, 2.24) is 5.32 Å². The van der Waals surface area contributed by atoms with Crippen LogP contribution < -0.4 is 14.8 Å². The van der Waals surface area contributed by atoms with Gasteiger partial charge in [-0.3, -0.25) is 4.79 Å². The van der Waals surface area contributed by atoms with E-state index in [4.69, 9.17) is 18.9 Å². The molecule has 0 radical (unpaired) electrons. The topological polar surface area (TPSA) is 116 Å². The Morgan fingerprint density at radius 1 is 1.22 bits per heavy atom. The highest BCUT2D eigenvalue weighted by Gasteiger charge is 2.38. The number of hydrogen-bond donors (Lipinski definition) is 2. The number of phenolic OH excluding ortho intramolecular Hbond substituents is 1. The first-order valence-electron chi connectivity index (χ1n) is 8.47. The number of ether oxygens (including phenoxy) is 4. The molecule has 9 nitrogen and oxygen atoms in total. The van der Waals surface area contributed by atoms with Crippen molar-refractivity contribution in [2.45, 2.75) is 19.9 Å².